The summed E-state index contributed by atoms with van der Waals surface area (Å²) in [7, 11) is 3.58. The molecular weight excluding hydrogens is 360 g/mol. The monoisotopic (exact) mass is 380 g/mol. The van der Waals surface area contributed by atoms with Gasteiger partial charge in [-0.2, -0.15) is 5.10 Å². The average molecular weight is 380 g/mol. The Balaban J connectivity index is 1.48. The van der Waals surface area contributed by atoms with Gasteiger partial charge in [-0.25, -0.2) is 4.98 Å². The summed E-state index contributed by atoms with van der Waals surface area (Å²) in [4.78, 5) is 31.9. The van der Waals surface area contributed by atoms with Crippen molar-refractivity contribution >= 4 is 5.91 Å². The molecule has 0 N–H and O–H groups in total. The maximum absolute atomic E-state index is 13.0. The van der Waals surface area contributed by atoms with Crippen LogP contribution in [0.3, 0.4) is 0 Å². The zero-order chi connectivity index (χ0) is 19.5. The van der Waals surface area contributed by atoms with Gasteiger partial charge in [0.15, 0.2) is 11.5 Å². The molecule has 28 heavy (non-hydrogen) atoms. The van der Waals surface area contributed by atoms with E-state index >= 15 is 0 Å². The van der Waals surface area contributed by atoms with Crippen LogP contribution < -0.4 is 5.56 Å². The average Bonchev–Trinajstić information content (AvgIpc) is 3.45. The van der Waals surface area contributed by atoms with Crippen LogP contribution in [0.4, 0.5) is 0 Å². The van der Waals surface area contributed by atoms with Crippen molar-refractivity contribution in [2.75, 3.05) is 13.1 Å². The molecule has 2 aliphatic heterocycles. The zero-order valence-corrected chi connectivity index (χ0v) is 15.7. The summed E-state index contributed by atoms with van der Waals surface area (Å²) in [6.45, 7) is 1.74. The highest BCUT2D eigenvalue weighted by atomic mass is 16.2. The van der Waals surface area contributed by atoms with Gasteiger partial charge in [0.1, 0.15) is 11.5 Å². The molecule has 0 aliphatic carbocycles. The van der Waals surface area contributed by atoms with Crippen LogP contribution in [0.15, 0.2) is 29.5 Å². The lowest BCUT2D eigenvalue weighted by atomic mass is 9.85. The molecule has 144 valence electrons. The molecule has 3 aromatic heterocycles. The lowest BCUT2D eigenvalue weighted by molar-refractivity contribution is 0.0772. The van der Waals surface area contributed by atoms with E-state index in [1.54, 1.807) is 45.5 Å². The van der Waals surface area contributed by atoms with Crippen molar-refractivity contribution < 1.29 is 4.79 Å². The number of hydrogen-bond acceptors (Lipinski definition) is 6. The fourth-order valence-electron chi connectivity index (χ4n) is 4.37. The number of nitrogens with zero attached hydrogens (tertiary/aromatic N) is 8. The van der Waals surface area contributed by atoms with E-state index in [1.807, 2.05) is 11.9 Å². The Morgan fingerprint density at radius 2 is 1.96 bits per heavy atom. The minimum Gasteiger partial charge on any atom is -0.336 e. The number of aromatic nitrogens is 7. The van der Waals surface area contributed by atoms with Crippen LogP contribution in [0.2, 0.25) is 0 Å². The molecule has 10 nitrogen and oxygen atoms in total. The van der Waals surface area contributed by atoms with Gasteiger partial charge in [-0.15, -0.1) is 10.2 Å². The SMILES string of the molecule is Cn1ccnc1-c1nnc2n(c1=O)CCC21CCN(C(=O)c2ccnn2C)C1. The van der Waals surface area contributed by atoms with Crippen molar-refractivity contribution in [3.05, 3.63) is 46.5 Å². The molecule has 10 heteroatoms. The highest BCUT2D eigenvalue weighted by molar-refractivity contribution is 5.92. The Morgan fingerprint density at radius 3 is 2.68 bits per heavy atom. The minimum absolute atomic E-state index is 0.0461. The van der Waals surface area contributed by atoms with Gasteiger partial charge < -0.3 is 9.47 Å². The molecule has 0 saturated carbocycles. The number of carbonyl (C=O) groups excluding carboxylic acids is 1. The second-order valence-corrected chi connectivity index (χ2v) is 7.54. The molecule has 1 atom stereocenters. The smallest absolute Gasteiger partial charge is 0.283 e. The highest BCUT2D eigenvalue weighted by Gasteiger charge is 2.48. The van der Waals surface area contributed by atoms with Crippen LogP contribution in [0.1, 0.15) is 29.2 Å². The molecule has 0 aromatic carbocycles. The zero-order valence-electron chi connectivity index (χ0n) is 15.7. The molecule has 1 unspecified atom stereocenters. The number of likely N-dealkylation sites (tertiary alicyclic amines) is 1. The first-order valence-corrected chi connectivity index (χ1v) is 9.23. The second-order valence-electron chi connectivity index (χ2n) is 7.54. The van der Waals surface area contributed by atoms with Gasteiger partial charge >= 0.3 is 0 Å². The highest BCUT2D eigenvalue weighted by Crippen LogP contribution is 2.41. The summed E-state index contributed by atoms with van der Waals surface area (Å²) in [6.07, 6.45) is 6.57. The Bertz CT molecular complexity index is 1140. The first kappa shape index (κ1) is 16.8. The Morgan fingerprint density at radius 1 is 1.14 bits per heavy atom. The second kappa shape index (κ2) is 5.85. The minimum atomic E-state index is -0.319. The molecule has 1 spiro atoms. The van der Waals surface area contributed by atoms with E-state index in [0.29, 0.717) is 37.0 Å². The summed E-state index contributed by atoms with van der Waals surface area (Å²) in [5, 5.41) is 12.7. The Labute approximate surface area is 160 Å². The number of hydrogen-bond donors (Lipinski definition) is 0. The van der Waals surface area contributed by atoms with Crippen LogP contribution >= 0.6 is 0 Å². The molecule has 1 saturated heterocycles. The molecule has 1 amide bonds. The third-order valence-electron chi connectivity index (χ3n) is 5.95. The van der Waals surface area contributed by atoms with Crippen LogP contribution in [0.25, 0.3) is 11.5 Å². The molecule has 5 heterocycles. The normalized spacial score (nSPS) is 20.9. The largest absolute Gasteiger partial charge is 0.336 e. The molecule has 3 aromatic rings. The molecule has 5 rings (SSSR count). The molecule has 2 aliphatic rings. The maximum Gasteiger partial charge on any atom is 0.283 e. The summed E-state index contributed by atoms with van der Waals surface area (Å²) in [6, 6.07) is 1.72. The van der Waals surface area contributed by atoms with Gasteiger partial charge in [0.2, 0.25) is 0 Å². The quantitative estimate of drug-likeness (QED) is 0.618. The van der Waals surface area contributed by atoms with E-state index in [0.717, 1.165) is 12.8 Å². The van der Waals surface area contributed by atoms with Crippen molar-refractivity contribution in [2.24, 2.45) is 14.1 Å². The number of rotatable bonds is 2. The van der Waals surface area contributed by atoms with Crippen LogP contribution in [0, 0.1) is 0 Å². The number of fused-ring (bicyclic) bond motifs is 2. The summed E-state index contributed by atoms with van der Waals surface area (Å²) < 4.78 is 5.04. The van der Waals surface area contributed by atoms with E-state index < -0.39 is 0 Å². The fraction of sp³-hybridized carbons (Fsp3) is 0.444. The number of imidazole rings is 1. The first-order chi connectivity index (χ1) is 13.5. The molecular formula is C18H20N8O2. The van der Waals surface area contributed by atoms with Crippen LogP contribution in [0.5, 0.6) is 0 Å². The maximum atomic E-state index is 13.0. The van der Waals surface area contributed by atoms with Crippen molar-refractivity contribution in [3.8, 4) is 11.5 Å². The number of amides is 1. The van der Waals surface area contributed by atoms with E-state index in [2.05, 4.69) is 20.3 Å². The van der Waals surface area contributed by atoms with Crippen LogP contribution in [-0.4, -0.2) is 58.0 Å². The third-order valence-corrected chi connectivity index (χ3v) is 5.95. The third kappa shape index (κ3) is 2.26. The van der Waals surface area contributed by atoms with Gasteiger partial charge in [-0.1, -0.05) is 0 Å². The Hall–Kier alpha value is -3.30. The topological polar surface area (TPSA) is 104 Å². The van der Waals surface area contributed by atoms with E-state index in [-0.39, 0.29) is 22.6 Å². The number of carbonyl (C=O) groups is 1. The molecule has 0 radical (unpaired) electrons. The van der Waals surface area contributed by atoms with Crippen LogP contribution in [-0.2, 0) is 26.1 Å². The summed E-state index contributed by atoms with van der Waals surface area (Å²) >= 11 is 0. The van der Waals surface area contributed by atoms with Gasteiger partial charge in [0.25, 0.3) is 11.5 Å². The van der Waals surface area contributed by atoms with Crippen molar-refractivity contribution in [1.82, 2.24) is 39.0 Å². The molecule has 1 fully saturated rings. The fourth-order valence-corrected chi connectivity index (χ4v) is 4.37. The van der Waals surface area contributed by atoms with Gasteiger partial charge in [0.05, 0.1) is 5.41 Å². The van der Waals surface area contributed by atoms with Crippen molar-refractivity contribution in [2.45, 2.75) is 24.8 Å². The van der Waals surface area contributed by atoms with Crippen molar-refractivity contribution in [3.63, 3.8) is 0 Å². The lowest BCUT2D eigenvalue weighted by Gasteiger charge is -2.23. The number of aryl methyl sites for hydroxylation is 2. The predicted molar refractivity (Wildman–Crippen MR) is 98.5 cm³/mol. The summed E-state index contributed by atoms with van der Waals surface area (Å²) in [5.74, 6) is 1.14. The molecule has 0 bridgehead atoms. The van der Waals surface area contributed by atoms with E-state index in [4.69, 9.17) is 0 Å². The summed E-state index contributed by atoms with van der Waals surface area (Å²) in [5.41, 5.74) is 0.325. The standard InChI is InChI=1S/C18H20N8O2/c1-23-10-7-19-14(23)13-16(28)26-9-5-18(17(26)22-21-13)4-8-25(11-18)15(27)12-3-6-20-24(12)2/h3,6-7,10H,4-5,8-9,11H2,1-2H3. The van der Waals surface area contributed by atoms with Gasteiger partial charge in [0, 0.05) is 52.3 Å². The first-order valence-electron chi connectivity index (χ1n) is 9.23. The van der Waals surface area contributed by atoms with Gasteiger partial charge in [-0.05, 0) is 18.9 Å². The van der Waals surface area contributed by atoms with Gasteiger partial charge in [-0.3, -0.25) is 18.8 Å². The van der Waals surface area contributed by atoms with E-state index in [1.165, 1.54) is 0 Å². The van der Waals surface area contributed by atoms with E-state index in [9.17, 15) is 9.59 Å². The lowest BCUT2D eigenvalue weighted by Crippen LogP contribution is -2.36. The van der Waals surface area contributed by atoms with Crippen molar-refractivity contribution in [1.29, 1.82) is 0 Å². The Kier molecular flexibility index (Phi) is 3.52. The predicted octanol–water partition coefficient (Wildman–Crippen LogP) is -0.0401.